The lowest BCUT2D eigenvalue weighted by Gasteiger charge is -2.20. The summed E-state index contributed by atoms with van der Waals surface area (Å²) in [7, 11) is 2.27. The minimum atomic E-state index is 0.939. The molecule has 0 bridgehead atoms. The van der Waals surface area contributed by atoms with E-state index in [2.05, 4.69) is 21.7 Å². The summed E-state index contributed by atoms with van der Waals surface area (Å²) in [6.45, 7) is 4.61. The van der Waals surface area contributed by atoms with Gasteiger partial charge < -0.3 is 0 Å². The molecule has 1 aliphatic carbocycles. The monoisotopic (exact) mass is 122 g/mol. The van der Waals surface area contributed by atoms with Crippen molar-refractivity contribution in [2.24, 2.45) is 5.92 Å². The molecule has 0 amide bonds. The molecule has 9 heavy (non-hydrogen) atoms. The van der Waals surface area contributed by atoms with Crippen LogP contribution in [0.5, 0.6) is 0 Å². The molecule has 1 rings (SSSR count). The lowest BCUT2D eigenvalue weighted by atomic mass is 9.76. The van der Waals surface area contributed by atoms with Crippen LogP contribution < -0.4 is 0 Å². The van der Waals surface area contributed by atoms with Crippen LogP contribution in [0.2, 0.25) is 0 Å². The van der Waals surface area contributed by atoms with Gasteiger partial charge in [-0.1, -0.05) is 12.5 Å². The Bertz CT molecular complexity index is 136. The maximum Gasteiger partial charge on any atom is 0.133 e. The Morgan fingerprint density at radius 2 is 2.22 bits per heavy atom. The topological polar surface area (TPSA) is 0 Å². The molecular formula is C8H15B. The Morgan fingerprint density at radius 3 is 2.67 bits per heavy atom. The Labute approximate surface area is 58.8 Å². The van der Waals surface area contributed by atoms with Crippen LogP contribution in [0.4, 0.5) is 0 Å². The van der Waals surface area contributed by atoms with Crippen LogP contribution in [-0.2, 0) is 0 Å². The highest BCUT2D eigenvalue weighted by Gasteiger charge is 2.10. The zero-order valence-corrected chi connectivity index (χ0v) is 6.70. The van der Waals surface area contributed by atoms with Crippen LogP contribution in [0.3, 0.4) is 0 Å². The number of rotatable bonds is 0. The van der Waals surface area contributed by atoms with Crippen molar-refractivity contribution in [3.05, 3.63) is 11.0 Å². The van der Waals surface area contributed by atoms with Crippen LogP contribution in [0.1, 0.15) is 33.1 Å². The van der Waals surface area contributed by atoms with Gasteiger partial charge in [-0.25, -0.2) is 0 Å². The van der Waals surface area contributed by atoms with Gasteiger partial charge in [-0.15, -0.1) is 5.47 Å². The fraction of sp³-hybridized carbons (Fsp3) is 0.750. The van der Waals surface area contributed by atoms with Crippen molar-refractivity contribution in [3.63, 3.8) is 0 Å². The molecule has 0 aromatic heterocycles. The van der Waals surface area contributed by atoms with Crippen molar-refractivity contribution in [3.8, 4) is 0 Å². The van der Waals surface area contributed by atoms with E-state index in [1.807, 2.05) is 0 Å². The number of allylic oxidation sites excluding steroid dienone is 2. The smallest absolute Gasteiger partial charge is 0.111 e. The van der Waals surface area contributed by atoms with Gasteiger partial charge in [-0.2, -0.15) is 0 Å². The fourth-order valence-corrected chi connectivity index (χ4v) is 1.48. The molecule has 0 aromatic rings. The van der Waals surface area contributed by atoms with Gasteiger partial charge in [0.15, 0.2) is 0 Å². The van der Waals surface area contributed by atoms with Gasteiger partial charge in [0.1, 0.15) is 7.85 Å². The minimum absolute atomic E-state index is 0.939. The highest BCUT2D eigenvalue weighted by atomic mass is 14.1. The van der Waals surface area contributed by atoms with Gasteiger partial charge in [0, 0.05) is 0 Å². The zero-order valence-electron chi connectivity index (χ0n) is 6.70. The Balaban J connectivity index is 2.61. The molecule has 0 saturated heterocycles. The molecule has 0 aromatic carbocycles. The highest BCUT2D eigenvalue weighted by molar-refractivity contribution is 6.22. The number of hydrogen-bond donors (Lipinski definition) is 0. The summed E-state index contributed by atoms with van der Waals surface area (Å²) in [5, 5.41) is 0. The summed E-state index contributed by atoms with van der Waals surface area (Å²) in [4.78, 5) is 0. The number of hydrogen-bond acceptors (Lipinski definition) is 0. The molecule has 50 valence electrons. The maximum atomic E-state index is 2.34. The van der Waals surface area contributed by atoms with E-state index in [4.69, 9.17) is 0 Å². The van der Waals surface area contributed by atoms with E-state index in [-0.39, 0.29) is 0 Å². The van der Waals surface area contributed by atoms with E-state index in [1.54, 1.807) is 11.0 Å². The molecule has 0 fully saturated rings. The van der Waals surface area contributed by atoms with E-state index < -0.39 is 0 Å². The molecule has 1 aliphatic rings. The SMILES string of the molecule is BC1=C(C)CCC(C)C1. The predicted octanol–water partition coefficient (Wildman–Crippen LogP) is 1.71. The normalized spacial score (nSPS) is 28.9. The van der Waals surface area contributed by atoms with Gasteiger partial charge in [0.05, 0.1) is 0 Å². The molecule has 1 heteroatoms. The summed E-state index contributed by atoms with van der Waals surface area (Å²) in [6, 6.07) is 0. The van der Waals surface area contributed by atoms with E-state index in [9.17, 15) is 0 Å². The predicted molar refractivity (Wildman–Crippen MR) is 44.3 cm³/mol. The second-order valence-corrected chi connectivity index (χ2v) is 3.41. The van der Waals surface area contributed by atoms with Crippen molar-refractivity contribution in [2.75, 3.05) is 0 Å². The van der Waals surface area contributed by atoms with Crippen LogP contribution in [0.15, 0.2) is 11.0 Å². The molecule has 0 aliphatic heterocycles. The molecule has 0 nitrogen and oxygen atoms in total. The van der Waals surface area contributed by atoms with Crippen LogP contribution >= 0.6 is 0 Å². The van der Waals surface area contributed by atoms with Gasteiger partial charge in [0.2, 0.25) is 0 Å². The van der Waals surface area contributed by atoms with Gasteiger partial charge in [0.25, 0.3) is 0 Å². The van der Waals surface area contributed by atoms with E-state index >= 15 is 0 Å². The van der Waals surface area contributed by atoms with Gasteiger partial charge in [-0.3, -0.25) is 0 Å². The molecule has 0 N–H and O–H groups in total. The van der Waals surface area contributed by atoms with E-state index in [1.165, 1.54) is 19.3 Å². The molecule has 0 radical (unpaired) electrons. The fourth-order valence-electron chi connectivity index (χ4n) is 1.48. The third-order valence-electron chi connectivity index (χ3n) is 2.40. The average molecular weight is 122 g/mol. The summed E-state index contributed by atoms with van der Waals surface area (Å²) < 4.78 is 0. The van der Waals surface area contributed by atoms with E-state index in [0.717, 1.165) is 5.92 Å². The van der Waals surface area contributed by atoms with E-state index in [0.29, 0.717) is 0 Å². The van der Waals surface area contributed by atoms with Crippen LogP contribution in [0, 0.1) is 5.92 Å². The standard InChI is InChI=1S/C8H15B/c1-6-3-4-7(2)8(9)5-6/h6H,3-5,9H2,1-2H3. The first-order chi connectivity index (χ1) is 4.20. The Kier molecular flexibility index (Phi) is 1.99. The first-order valence-electron chi connectivity index (χ1n) is 3.85. The second-order valence-electron chi connectivity index (χ2n) is 3.41. The first-order valence-corrected chi connectivity index (χ1v) is 3.85. The Morgan fingerprint density at radius 1 is 1.56 bits per heavy atom. The average Bonchev–Trinajstić information content (AvgIpc) is 1.80. The van der Waals surface area contributed by atoms with Gasteiger partial charge in [-0.05, 0) is 32.1 Å². The van der Waals surface area contributed by atoms with Crippen molar-refractivity contribution < 1.29 is 0 Å². The molecule has 0 spiro atoms. The molecule has 1 atom stereocenters. The summed E-state index contributed by atoms with van der Waals surface area (Å²) in [5.74, 6) is 0.939. The second kappa shape index (κ2) is 2.59. The van der Waals surface area contributed by atoms with Crippen LogP contribution in [0.25, 0.3) is 0 Å². The largest absolute Gasteiger partial charge is 0.133 e. The minimum Gasteiger partial charge on any atom is -0.111 e. The quantitative estimate of drug-likeness (QED) is 0.429. The highest BCUT2D eigenvalue weighted by Crippen LogP contribution is 2.26. The van der Waals surface area contributed by atoms with Crippen molar-refractivity contribution >= 4 is 7.85 Å². The molecule has 0 heterocycles. The zero-order chi connectivity index (χ0) is 6.85. The Hall–Kier alpha value is -0.195. The summed E-state index contributed by atoms with van der Waals surface area (Å²) in [5.41, 5.74) is 3.27. The first kappa shape index (κ1) is 6.92. The van der Waals surface area contributed by atoms with Crippen LogP contribution in [-0.4, -0.2) is 7.85 Å². The van der Waals surface area contributed by atoms with Crippen molar-refractivity contribution in [2.45, 2.75) is 33.1 Å². The van der Waals surface area contributed by atoms with Gasteiger partial charge >= 0.3 is 0 Å². The summed E-state index contributed by atoms with van der Waals surface area (Å²) in [6.07, 6.45) is 4.09. The van der Waals surface area contributed by atoms with Crippen molar-refractivity contribution in [1.29, 1.82) is 0 Å². The summed E-state index contributed by atoms with van der Waals surface area (Å²) >= 11 is 0. The maximum absolute atomic E-state index is 2.34. The lowest BCUT2D eigenvalue weighted by Crippen LogP contribution is -2.05. The third kappa shape index (κ3) is 1.60. The molecule has 1 unspecified atom stereocenters. The molecular weight excluding hydrogens is 107 g/mol. The molecule has 0 saturated carbocycles. The third-order valence-corrected chi connectivity index (χ3v) is 2.40. The lowest BCUT2D eigenvalue weighted by molar-refractivity contribution is 0.508. The van der Waals surface area contributed by atoms with Crippen molar-refractivity contribution in [1.82, 2.24) is 0 Å².